The van der Waals surface area contributed by atoms with Crippen molar-refractivity contribution in [1.29, 1.82) is 0 Å². The first-order valence-electron chi connectivity index (χ1n) is 5.86. The van der Waals surface area contributed by atoms with Crippen LogP contribution in [0.2, 0.25) is 0 Å². The molecule has 0 bridgehead atoms. The maximum absolute atomic E-state index is 11.2. The first kappa shape index (κ1) is 13.7. The van der Waals surface area contributed by atoms with Gasteiger partial charge in [-0.25, -0.2) is 0 Å². The summed E-state index contributed by atoms with van der Waals surface area (Å²) < 4.78 is 11.0. The summed E-state index contributed by atoms with van der Waals surface area (Å²) in [4.78, 5) is 11.2. The highest BCUT2D eigenvalue weighted by molar-refractivity contribution is 5.94. The molecule has 0 saturated heterocycles. The zero-order chi connectivity index (χ0) is 12.8. The predicted octanol–water partition coefficient (Wildman–Crippen LogP) is 3.00. The van der Waals surface area contributed by atoms with E-state index in [4.69, 9.17) is 9.47 Å². The molecule has 3 heteroatoms. The summed E-state index contributed by atoms with van der Waals surface area (Å²) in [6.07, 6.45) is 0.222. The molecule has 0 spiro atoms. The van der Waals surface area contributed by atoms with Crippen molar-refractivity contribution in [3.05, 3.63) is 29.3 Å². The normalized spacial score (nSPS) is 10.6. The van der Waals surface area contributed by atoms with E-state index in [2.05, 4.69) is 0 Å². The van der Waals surface area contributed by atoms with E-state index in [1.807, 2.05) is 32.9 Å². The number of benzene rings is 1. The molecule has 0 atom stereocenters. The number of ketones is 1. The molecule has 0 unspecified atom stereocenters. The number of carbonyl (C=O) groups excluding carboxylic acids is 1. The number of aryl methyl sites for hydroxylation is 1. The smallest absolute Gasteiger partial charge is 0.159 e. The van der Waals surface area contributed by atoms with Gasteiger partial charge in [0.2, 0.25) is 0 Å². The van der Waals surface area contributed by atoms with Crippen molar-refractivity contribution in [3.63, 3.8) is 0 Å². The van der Waals surface area contributed by atoms with Crippen molar-refractivity contribution >= 4 is 5.78 Å². The van der Waals surface area contributed by atoms with Crippen LogP contribution in [0.15, 0.2) is 18.2 Å². The van der Waals surface area contributed by atoms with Gasteiger partial charge in [0.25, 0.3) is 0 Å². The van der Waals surface area contributed by atoms with Crippen molar-refractivity contribution in [1.82, 2.24) is 0 Å². The fourth-order valence-corrected chi connectivity index (χ4v) is 1.47. The zero-order valence-corrected chi connectivity index (χ0v) is 10.9. The van der Waals surface area contributed by atoms with E-state index in [1.54, 1.807) is 13.0 Å². The second kappa shape index (κ2) is 6.40. The third-order valence-electron chi connectivity index (χ3n) is 2.37. The molecule has 0 amide bonds. The van der Waals surface area contributed by atoms with Crippen LogP contribution in [0.3, 0.4) is 0 Å². The number of carbonyl (C=O) groups is 1. The standard InChI is InChI=1S/C14H20O3/c1-10(2)16-7-8-17-14-6-5-13(12(4)15)9-11(14)3/h5-6,9-10H,7-8H2,1-4H3. The van der Waals surface area contributed by atoms with E-state index in [-0.39, 0.29) is 11.9 Å². The van der Waals surface area contributed by atoms with Crippen LogP contribution in [0, 0.1) is 6.92 Å². The number of rotatable bonds is 6. The molecule has 0 aliphatic heterocycles. The monoisotopic (exact) mass is 236 g/mol. The van der Waals surface area contributed by atoms with Crippen molar-refractivity contribution in [3.8, 4) is 5.75 Å². The Morgan fingerprint density at radius 2 is 2.00 bits per heavy atom. The highest BCUT2D eigenvalue weighted by atomic mass is 16.5. The molecule has 0 fully saturated rings. The molecular formula is C14H20O3. The van der Waals surface area contributed by atoms with Crippen molar-refractivity contribution in [2.75, 3.05) is 13.2 Å². The van der Waals surface area contributed by atoms with E-state index in [0.717, 1.165) is 11.3 Å². The van der Waals surface area contributed by atoms with Gasteiger partial charge in [-0.05, 0) is 51.5 Å². The van der Waals surface area contributed by atoms with E-state index in [1.165, 1.54) is 0 Å². The van der Waals surface area contributed by atoms with E-state index in [9.17, 15) is 4.79 Å². The van der Waals surface area contributed by atoms with Gasteiger partial charge in [-0.1, -0.05) is 0 Å². The van der Waals surface area contributed by atoms with Crippen LogP contribution in [0.25, 0.3) is 0 Å². The largest absolute Gasteiger partial charge is 0.491 e. The molecule has 0 aromatic heterocycles. The van der Waals surface area contributed by atoms with Crippen LogP contribution in [0.1, 0.15) is 36.7 Å². The molecule has 3 nitrogen and oxygen atoms in total. The lowest BCUT2D eigenvalue weighted by atomic mass is 10.1. The summed E-state index contributed by atoms with van der Waals surface area (Å²) in [6.45, 7) is 8.58. The average molecular weight is 236 g/mol. The first-order valence-corrected chi connectivity index (χ1v) is 5.86. The third kappa shape index (κ3) is 4.57. The van der Waals surface area contributed by atoms with E-state index >= 15 is 0 Å². The number of Topliss-reactive ketones (excluding diaryl/α,β-unsaturated/α-hetero) is 1. The second-order valence-corrected chi connectivity index (χ2v) is 4.30. The number of hydrogen-bond acceptors (Lipinski definition) is 3. The molecule has 0 aliphatic carbocycles. The highest BCUT2D eigenvalue weighted by Gasteiger charge is 2.04. The maximum atomic E-state index is 11.2. The molecular weight excluding hydrogens is 216 g/mol. The van der Waals surface area contributed by atoms with Gasteiger partial charge in [-0.15, -0.1) is 0 Å². The fourth-order valence-electron chi connectivity index (χ4n) is 1.47. The Bertz CT molecular complexity index is 383. The lowest BCUT2D eigenvalue weighted by Crippen LogP contribution is -2.11. The van der Waals surface area contributed by atoms with Crippen molar-refractivity contribution in [2.24, 2.45) is 0 Å². The third-order valence-corrected chi connectivity index (χ3v) is 2.37. The summed E-state index contributed by atoms with van der Waals surface area (Å²) in [5.74, 6) is 0.880. The Balaban J connectivity index is 2.52. The van der Waals surface area contributed by atoms with Gasteiger partial charge in [0.05, 0.1) is 12.7 Å². The first-order chi connectivity index (χ1) is 8.00. The molecule has 0 aliphatic rings. The molecule has 0 saturated carbocycles. The molecule has 1 aromatic rings. The summed E-state index contributed by atoms with van der Waals surface area (Å²) in [5.41, 5.74) is 1.69. The Morgan fingerprint density at radius 1 is 1.29 bits per heavy atom. The summed E-state index contributed by atoms with van der Waals surface area (Å²) >= 11 is 0. The summed E-state index contributed by atoms with van der Waals surface area (Å²) in [7, 11) is 0. The molecule has 0 radical (unpaired) electrons. The van der Waals surface area contributed by atoms with Crippen LogP contribution in [0.5, 0.6) is 5.75 Å². The van der Waals surface area contributed by atoms with Crippen LogP contribution in [-0.2, 0) is 4.74 Å². The highest BCUT2D eigenvalue weighted by Crippen LogP contribution is 2.19. The fraction of sp³-hybridized carbons (Fsp3) is 0.500. The lowest BCUT2D eigenvalue weighted by molar-refractivity contribution is 0.0551. The van der Waals surface area contributed by atoms with Crippen LogP contribution in [-0.4, -0.2) is 25.1 Å². The van der Waals surface area contributed by atoms with Crippen LogP contribution >= 0.6 is 0 Å². The molecule has 1 aromatic carbocycles. The number of hydrogen-bond donors (Lipinski definition) is 0. The minimum atomic E-state index is 0.0720. The summed E-state index contributed by atoms with van der Waals surface area (Å²) in [5, 5.41) is 0. The Kier molecular flexibility index (Phi) is 5.16. The molecule has 17 heavy (non-hydrogen) atoms. The van der Waals surface area contributed by atoms with Gasteiger partial charge in [-0.3, -0.25) is 4.79 Å². The van der Waals surface area contributed by atoms with Gasteiger partial charge in [-0.2, -0.15) is 0 Å². The quantitative estimate of drug-likeness (QED) is 0.562. The lowest BCUT2D eigenvalue weighted by Gasteiger charge is -2.11. The second-order valence-electron chi connectivity index (χ2n) is 4.30. The van der Waals surface area contributed by atoms with Gasteiger partial charge < -0.3 is 9.47 Å². The zero-order valence-electron chi connectivity index (χ0n) is 10.9. The Labute approximate surface area is 103 Å². The average Bonchev–Trinajstić information content (AvgIpc) is 2.25. The van der Waals surface area contributed by atoms with Crippen molar-refractivity contribution in [2.45, 2.75) is 33.8 Å². The van der Waals surface area contributed by atoms with Gasteiger partial charge in [0, 0.05) is 5.56 Å². The molecule has 0 N–H and O–H groups in total. The maximum Gasteiger partial charge on any atom is 0.159 e. The van der Waals surface area contributed by atoms with Crippen LogP contribution < -0.4 is 4.74 Å². The molecule has 0 heterocycles. The minimum absolute atomic E-state index is 0.0720. The Hall–Kier alpha value is -1.35. The van der Waals surface area contributed by atoms with Gasteiger partial charge in [0.15, 0.2) is 5.78 Å². The Morgan fingerprint density at radius 3 is 2.53 bits per heavy atom. The van der Waals surface area contributed by atoms with Gasteiger partial charge in [0.1, 0.15) is 12.4 Å². The number of ether oxygens (including phenoxy) is 2. The predicted molar refractivity (Wildman–Crippen MR) is 67.8 cm³/mol. The van der Waals surface area contributed by atoms with E-state index in [0.29, 0.717) is 18.8 Å². The molecule has 94 valence electrons. The summed E-state index contributed by atoms with van der Waals surface area (Å²) in [6, 6.07) is 5.47. The SMILES string of the molecule is CC(=O)c1ccc(OCCOC(C)C)c(C)c1. The van der Waals surface area contributed by atoms with Gasteiger partial charge >= 0.3 is 0 Å². The van der Waals surface area contributed by atoms with Crippen molar-refractivity contribution < 1.29 is 14.3 Å². The minimum Gasteiger partial charge on any atom is -0.491 e. The molecule has 1 rings (SSSR count). The topological polar surface area (TPSA) is 35.5 Å². The van der Waals surface area contributed by atoms with E-state index < -0.39 is 0 Å². The van der Waals surface area contributed by atoms with Crippen LogP contribution in [0.4, 0.5) is 0 Å².